The van der Waals surface area contributed by atoms with Crippen molar-refractivity contribution in [1.29, 1.82) is 0 Å². The minimum absolute atomic E-state index is 0.165. The van der Waals surface area contributed by atoms with Crippen LogP contribution in [0.15, 0.2) is 170 Å². The van der Waals surface area contributed by atoms with Crippen LogP contribution in [0, 0.1) is 0 Å². The number of hydrogen-bond acceptors (Lipinski definition) is 2. The first-order chi connectivity index (χ1) is 25.0. The maximum Gasteiger partial charge on any atom is 0.160 e. The molecule has 0 spiro atoms. The summed E-state index contributed by atoms with van der Waals surface area (Å²) in [6.45, 7) is 4.74. The molecular formula is C49H34N2. The number of hydrogen-bond donors (Lipinski definition) is 0. The van der Waals surface area contributed by atoms with Crippen molar-refractivity contribution in [1.82, 2.24) is 9.97 Å². The molecular weight excluding hydrogens is 617 g/mol. The Morgan fingerprint density at radius 1 is 0.373 bits per heavy atom. The summed E-state index contributed by atoms with van der Waals surface area (Å²) >= 11 is 0. The van der Waals surface area contributed by atoms with Gasteiger partial charge in [-0.25, -0.2) is 9.97 Å². The summed E-state index contributed by atoms with van der Waals surface area (Å²) in [5.41, 5.74) is 12.6. The van der Waals surface area contributed by atoms with Gasteiger partial charge in [-0.1, -0.05) is 153 Å². The smallest absolute Gasteiger partial charge is 0.160 e. The van der Waals surface area contributed by atoms with Crippen LogP contribution in [-0.4, -0.2) is 9.97 Å². The van der Waals surface area contributed by atoms with E-state index in [1.54, 1.807) is 0 Å². The predicted octanol–water partition coefficient (Wildman–Crippen LogP) is 12.9. The molecule has 0 bridgehead atoms. The van der Waals surface area contributed by atoms with Gasteiger partial charge in [-0.15, -0.1) is 0 Å². The van der Waals surface area contributed by atoms with Gasteiger partial charge in [-0.2, -0.15) is 0 Å². The van der Waals surface area contributed by atoms with Crippen molar-refractivity contribution in [3.8, 4) is 56.2 Å². The second kappa shape index (κ2) is 11.3. The molecule has 0 aliphatic heterocycles. The third-order valence-electron chi connectivity index (χ3n) is 10.8. The summed E-state index contributed by atoms with van der Waals surface area (Å²) in [6, 6.07) is 61.3. The zero-order chi connectivity index (χ0) is 34.1. The van der Waals surface area contributed by atoms with E-state index in [0.717, 1.165) is 33.9 Å². The van der Waals surface area contributed by atoms with Gasteiger partial charge in [0.15, 0.2) is 5.82 Å². The van der Waals surface area contributed by atoms with E-state index in [2.05, 4.69) is 178 Å². The fourth-order valence-corrected chi connectivity index (χ4v) is 8.27. The molecule has 0 amide bonds. The van der Waals surface area contributed by atoms with E-state index in [4.69, 9.17) is 9.97 Å². The molecule has 9 aromatic rings. The molecule has 51 heavy (non-hydrogen) atoms. The molecule has 0 atom stereocenters. The van der Waals surface area contributed by atoms with Gasteiger partial charge in [0, 0.05) is 22.1 Å². The molecule has 2 nitrogen and oxygen atoms in total. The Morgan fingerprint density at radius 3 is 1.73 bits per heavy atom. The van der Waals surface area contributed by atoms with Crippen LogP contribution in [0.3, 0.4) is 0 Å². The molecule has 0 radical (unpaired) electrons. The Bertz CT molecular complexity index is 2830. The molecule has 8 aromatic carbocycles. The van der Waals surface area contributed by atoms with Crippen LogP contribution in [0.1, 0.15) is 25.0 Å². The Hall–Kier alpha value is -6.38. The third-order valence-corrected chi connectivity index (χ3v) is 10.8. The van der Waals surface area contributed by atoms with Gasteiger partial charge >= 0.3 is 0 Å². The molecule has 0 saturated carbocycles. The fraction of sp³-hybridized carbons (Fsp3) is 0.0612. The number of aromatic nitrogens is 2. The Kier molecular flexibility index (Phi) is 6.56. The molecule has 1 aliphatic carbocycles. The van der Waals surface area contributed by atoms with E-state index in [1.165, 1.54) is 65.7 Å². The van der Waals surface area contributed by atoms with E-state index in [-0.39, 0.29) is 5.41 Å². The van der Waals surface area contributed by atoms with E-state index in [1.807, 2.05) is 6.07 Å². The molecule has 0 unspecified atom stereocenters. The molecule has 0 fully saturated rings. The number of benzene rings is 8. The maximum absolute atomic E-state index is 5.33. The highest BCUT2D eigenvalue weighted by atomic mass is 14.9. The number of rotatable bonds is 4. The Morgan fingerprint density at radius 2 is 0.961 bits per heavy atom. The monoisotopic (exact) mass is 650 g/mol. The lowest BCUT2D eigenvalue weighted by molar-refractivity contribution is 0.666. The molecule has 2 heteroatoms. The van der Waals surface area contributed by atoms with E-state index >= 15 is 0 Å². The van der Waals surface area contributed by atoms with Crippen molar-refractivity contribution in [3.05, 3.63) is 181 Å². The summed E-state index contributed by atoms with van der Waals surface area (Å²) < 4.78 is 0. The van der Waals surface area contributed by atoms with Crippen molar-refractivity contribution in [2.45, 2.75) is 19.3 Å². The average Bonchev–Trinajstić information content (AvgIpc) is 3.43. The van der Waals surface area contributed by atoms with Crippen molar-refractivity contribution in [3.63, 3.8) is 0 Å². The standard InChI is InChI=1S/C49H34N2/c1-49(2)44-19-11-10-18-40(44)43-29-41(39-25-24-37(28-42(39)47(43)49)36-22-20-31-12-6-8-16-34(31)26-36)46-30-45(50-48(51-46)33-14-4-3-5-15-33)38-23-21-32-13-7-9-17-35(32)27-38/h3-30H,1-2H3. The summed E-state index contributed by atoms with van der Waals surface area (Å²) in [5, 5.41) is 7.37. The van der Waals surface area contributed by atoms with Gasteiger partial charge in [-0.3, -0.25) is 0 Å². The lowest BCUT2D eigenvalue weighted by atomic mass is 9.79. The van der Waals surface area contributed by atoms with Crippen LogP contribution in [0.4, 0.5) is 0 Å². The van der Waals surface area contributed by atoms with Crippen LogP contribution in [0.5, 0.6) is 0 Å². The summed E-state index contributed by atoms with van der Waals surface area (Å²) in [5.74, 6) is 0.721. The van der Waals surface area contributed by atoms with Crippen LogP contribution in [0.25, 0.3) is 88.5 Å². The molecule has 10 rings (SSSR count). The molecule has 1 aliphatic rings. The summed E-state index contributed by atoms with van der Waals surface area (Å²) in [7, 11) is 0. The highest BCUT2D eigenvalue weighted by Gasteiger charge is 2.37. The lowest BCUT2D eigenvalue weighted by Gasteiger charge is -2.24. The van der Waals surface area contributed by atoms with Crippen LogP contribution in [0.2, 0.25) is 0 Å². The molecule has 240 valence electrons. The highest BCUT2D eigenvalue weighted by molar-refractivity contribution is 6.07. The third kappa shape index (κ3) is 4.79. The van der Waals surface area contributed by atoms with Crippen LogP contribution < -0.4 is 0 Å². The van der Waals surface area contributed by atoms with E-state index in [0.29, 0.717) is 0 Å². The fourth-order valence-electron chi connectivity index (χ4n) is 8.27. The average molecular weight is 651 g/mol. The first kappa shape index (κ1) is 29.5. The normalized spacial score (nSPS) is 13.1. The number of nitrogens with zero attached hydrogens (tertiary/aromatic N) is 2. The van der Waals surface area contributed by atoms with Crippen molar-refractivity contribution in [2.24, 2.45) is 0 Å². The van der Waals surface area contributed by atoms with Crippen molar-refractivity contribution < 1.29 is 0 Å². The van der Waals surface area contributed by atoms with Gasteiger partial charge in [0.1, 0.15) is 0 Å². The first-order valence-electron chi connectivity index (χ1n) is 17.7. The second-order valence-electron chi connectivity index (χ2n) is 14.2. The second-order valence-corrected chi connectivity index (χ2v) is 14.2. The van der Waals surface area contributed by atoms with Gasteiger partial charge < -0.3 is 0 Å². The zero-order valence-electron chi connectivity index (χ0n) is 28.6. The van der Waals surface area contributed by atoms with Crippen molar-refractivity contribution >= 4 is 32.3 Å². The topological polar surface area (TPSA) is 25.8 Å². The van der Waals surface area contributed by atoms with E-state index < -0.39 is 0 Å². The maximum atomic E-state index is 5.33. The Balaban J connectivity index is 1.25. The van der Waals surface area contributed by atoms with E-state index in [9.17, 15) is 0 Å². The van der Waals surface area contributed by atoms with Crippen molar-refractivity contribution in [2.75, 3.05) is 0 Å². The molecule has 1 aromatic heterocycles. The molecule has 0 saturated heterocycles. The SMILES string of the molecule is CC1(C)c2ccccc2-c2cc(-c3cc(-c4ccc5ccccc5c4)nc(-c4ccccc4)n3)c3ccc(-c4ccc5ccccc5c4)cc3c21. The van der Waals surface area contributed by atoms with Gasteiger partial charge in [0.2, 0.25) is 0 Å². The molecule has 0 N–H and O–H groups in total. The minimum Gasteiger partial charge on any atom is -0.228 e. The van der Waals surface area contributed by atoms with Gasteiger partial charge in [0.05, 0.1) is 11.4 Å². The van der Waals surface area contributed by atoms with Gasteiger partial charge in [-0.05, 0) is 96.0 Å². The van der Waals surface area contributed by atoms with Crippen LogP contribution >= 0.6 is 0 Å². The minimum atomic E-state index is -0.165. The highest BCUT2D eigenvalue weighted by Crippen LogP contribution is 2.53. The summed E-state index contributed by atoms with van der Waals surface area (Å²) in [4.78, 5) is 10.5. The largest absolute Gasteiger partial charge is 0.228 e. The lowest BCUT2D eigenvalue weighted by Crippen LogP contribution is -2.15. The predicted molar refractivity (Wildman–Crippen MR) is 214 cm³/mol. The zero-order valence-corrected chi connectivity index (χ0v) is 28.6. The Labute approximate surface area is 297 Å². The van der Waals surface area contributed by atoms with Gasteiger partial charge in [0.25, 0.3) is 0 Å². The first-order valence-corrected chi connectivity index (χ1v) is 17.7. The molecule has 1 heterocycles. The van der Waals surface area contributed by atoms with Crippen LogP contribution in [-0.2, 0) is 5.41 Å². The quantitative estimate of drug-likeness (QED) is 0.189. The summed E-state index contributed by atoms with van der Waals surface area (Å²) in [6.07, 6.45) is 0. The number of fused-ring (bicyclic) bond motifs is 7.